The molecule has 1 aliphatic carbocycles. The van der Waals surface area contributed by atoms with Crippen LogP contribution in [0.5, 0.6) is 0 Å². The summed E-state index contributed by atoms with van der Waals surface area (Å²) < 4.78 is 5.20. The molecule has 1 aromatic rings. The van der Waals surface area contributed by atoms with Gasteiger partial charge in [0.25, 0.3) is 0 Å². The van der Waals surface area contributed by atoms with E-state index in [9.17, 15) is 19.8 Å². The SMILES string of the molecule is CCCCCOC(=O)C1=C(C)N[C@]2(O)c3ccccc3C(=O)[C@@]12O. The minimum Gasteiger partial charge on any atom is -0.462 e. The van der Waals surface area contributed by atoms with Crippen LogP contribution in [-0.2, 0) is 15.3 Å². The highest BCUT2D eigenvalue weighted by Crippen LogP contribution is 2.51. The van der Waals surface area contributed by atoms with E-state index < -0.39 is 23.1 Å². The lowest BCUT2D eigenvalue weighted by Gasteiger charge is -2.31. The van der Waals surface area contributed by atoms with E-state index in [2.05, 4.69) is 5.32 Å². The average Bonchev–Trinajstić information content (AvgIpc) is 2.87. The second-order valence-electron chi connectivity index (χ2n) is 6.26. The molecule has 24 heavy (non-hydrogen) atoms. The zero-order chi connectivity index (χ0) is 17.5. The fraction of sp³-hybridized carbons (Fsp3) is 0.444. The number of ketones is 1. The summed E-state index contributed by atoms with van der Waals surface area (Å²) in [6.07, 6.45) is 2.61. The Morgan fingerprint density at radius 3 is 2.67 bits per heavy atom. The normalized spacial score (nSPS) is 27.8. The van der Waals surface area contributed by atoms with Crippen LogP contribution in [0.1, 0.15) is 49.0 Å². The fourth-order valence-corrected chi connectivity index (χ4v) is 3.50. The van der Waals surface area contributed by atoms with Gasteiger partial charge in [-0.15, -0.1) is 0 Å². The van der Waals surface area contributed by atoms with Crippen LogP contribution in [0.25, 0.3) is 0 Å². The first-order valence-electron chi connectivity index (χ1n) is 8.13. The highest BCUT2D eigenvalue weighted by molar-refractivity contribution is 6.16. The standard InChI is InChI=1S/C18H21NO5/c1-3-4-7-10-24-16(21)14-11(2)19-18(23)13-9-6-5-8-12(13)15(20)17(14,18)22/h5-6,8-9,19,22-23H,3-4,7,10H2,1-2H3/t17-,18-/m0/s1. The molecule has 128 valence electrons. The van der Waals surface area contributed by atoms with Crippen molar-refractivity contribution < 1.29 is 24.5 Å². The van der Waals surface area contributed by atoms with Crippen molar-refractivity contribution in [3.05, 3.63) is 46.7 Å². The molecular weight excluding hydrogens is 310 g/mol. The third-order valence-corrected chi connectivity index (χ3v) is 4.70. The smallest absolute Gasteiger partial charge is 0.339 e. The van der Waals surface area contributed by atoms with Crippen LogP contribution in [0.2, 0.25) is 0 Å². The van der Waals surface area contributed by atoms with Crippen LogP contribution in [-0.4, -0.2) is 34.2 Å². The summed E-state index contributed by atoms with van der Waals surface area (Å²) in [7, 11) is 0. The van der Waals surface area contributed by atoms with E-state index in [1.807, 2.05) is 6.92 Å². The lowest BCUT2D eigenvalue weighted by Crippen LogP contribution is -2.56. The summed E-state index contributed by atoms with van der Waals surface area (Å²) in [5, 5.41) is 24.8. The Balaban J connectivity index is 1.95. The molecule has 0 bridgehead atoms. The Kier molecular flexibility index (Phi) is 3.97. The number of unbranched alkanes of at least 4 members (excludes halogenated alkanes) is 2. The van der Waals surface area contributed by atoms with Crippen molar-refractivity contribution in [1.82, 2.24) is 5.32 Å². The Labute approximate surface area is 140 Å². The molecule has 0 saturated carbocycles. The van der Waals surface area contributed by atoms with Gasteiger partial charge >= 0.3 is 5.97 Å². The predicted octanol–water partition coefficient (Wildman–Crippen LogP) is 1.37. The monoisotopic (exact) mass is 331 g/mol. The number of hydrogen-bond acceptors (Lipinski definition) is 6. The van der Waals surface area contributed by atoms with Crippen molar-refractivity contribution in [1.29, 1.82) is 0 Å². The van der Waals surface area contributed by atoms with E-state index in [0.29, 0.717) is 6.42 Å². The number of aliphatic hydroxyl groups is 2. The van der Waals surface area contributed by atoms with Crippen LogP contribution in [0.3, 0.4) is 0 Å². The highest BCUT2D eigenvalue weighted by Gasteiger charge is 2.70. The third-order valence-electron chi connectivity index (χ3n) is 4.70. The zero-order valence-corrected chi connectivity index (χ0v) is 13.8. The Morgan fingerprint density at radius 2 is 1.96 bits per heavy atom. The quantitative estimate of drug-likeness (QED) is 0.557. The molecule has 3 rings (SSSR count). The van der Waals surface area contributed by atoms with Gasteiger partial charge in [0.15, 0.2) is 0 Å². The molecule has 1 aromatic carbocycles. The number of nitrogens with one attached hydrogen (secondary N) is 1. The Bertz CT molecular complexity index is 741. The first kappa shape index (κ1) is 16.7. The number of fused-ring (bicyclic) bond motifs is 3. The van der Waals surface area contributed by atoms with E-state index >= 15 is 0 Å². The van der Waals surface area contributed by atoms with Crippen LogP contribution in [0.4, 0.5) is 0 Å². The van der Waals surface area contributed by atoms with Gasteiger partial charge in [0, 0.05) is 16.8 Å². The van der Waals surface area contributed by atoms with Gasteiger partial charge in [-0.25, -0.2) is 4.79 Å². The number of esters is 1. The molecule has 1 heterocycles. The number of allylic oxidation sites excluding steroid dienone is 1. The maximum absolute atomic E-state index is 12.7. The van der Waals surface area contributed by atoms with E-state index in [1.54, 1.807) is 18.2 Å². The third kappa shape index (κ3) is 2.03. The Morgan fingerprint density at radius 1 is 1.25 bits per heavy atom. The summed E-state index contributed by atoms with van der Waals surface area (Å²) in [4.78, 5) is 25.2. The molecule has 0 unspecified atom stereocenters. The molecule has 0 amide bonds. The van der Waals surface area contributed by atoms with Crippen molar-refractivity contribution in [2.75, 3.05) is 6.61 Å². The zero-order valence-electron chi connectivity index (χ0n) is 13.8. The summed E-state index contributed by atoms with van der Waals surface area (Å²) in [6, 6.07) is 6.38. The number of rotatable bonds is 5. The molecule has 0 radical (unpaired) electrons. The van der Waals surface area contributed by atoms with Gasteiger partial charge in [-0.3, -0.25) is 4.79 Å². The van der Waals surface area contributed by atoms with Crippen LogP contribution < -0.4 is 5.32 Å². The van der Waals surface area contributed by atoms with Gasteiger partial charge in [-0.1, -0.05) is 44.0 Å². The van der Waals surface area contributed by atoms with Gasteiger partial charge < -0.3 is 20.3 Å². The number of ether oxygens (including phenoxy) is 1. The molecule has 1 aliphatic heterocycles. The number of carbonyl (C=O) groups excluding carboxylic acids is 2. The molecule has 6 nitrogen and oxygen atoms in total. The topological polar surface area (TPSA) is 95.9 Å². The lowest BCUT2D eigenvalue weighted by molar-refractivity contribution is -0.147. The minimum absolute atomic E-state index is 0.193. The molecule has 6 heteroatoms. The second kappa shape index (κ2) is 5.72. The number of benzene rings is 1. The van der Waals surface area contributed by atoms with E-state index in [4.69, 9.17) is 4.74 Å². The van der Waals surface area contributed by atoms with Crippen LogP contribution in [0.15, 0.2) is 35.5 Å². The van der Waals surface area contributed by atoms with Gasteiger partial charge in [0.1, 0.15) is 5.57 Å². The fourth-order valence-electron chi connectivity index (χ4n) is 3.50. The van der Waals surface area contributed by atoms with Crippen molar-refractivity contribution in [2.24, 2.45) is 0 Å². The molecule has 2 aliphatic rings. The molecule has 0 spiro atoms. The van der Waals surface area contributed by atoms with Crippen molar-refractivity contribution in [2.45, 2.75) is 44.4 Å². The number of Topliss-reactive ketones (excluding diaryl/α,β-unsaturated/α-hetero) is 1. The van der Waals surface area contributed by atoms with Crippen LogP contribution >= 0.6 is 0 Å². The van der Waals surface area contributed by atoms with Crippen molar-refractivity contribution in [3.8, 4) is 0 Å². The van der Waals surface area contributed by atoms with E-state index in [-0.39, 0.29) is 29.0 Å². The largest absolute Gasteiger partial charge is 0.462 e. The first-order chi connectivity index (χ1) is 11.4. The molecule has 0 aromatic heterocycles. The minimum atomic E-state index is -2.37. The average molecular weight is 331 g/mol. The first-order valence-corrected chi connectivity index (χ1v) is 8.13. The van der Waals surface area contributed by atoms with E-state index in [0.717, 1.165) is 12.8 Å². The highest BCUT2D eigenvalue weighted by atomic mass is 16.5. The number of hydrogen-bond donors (Lipinski definition) is 3. The van der Waals surface area contributed by atoms with Crippen molar-refractivity contribution >= 4 is 11.8 Å². The van der Waals surface area contributed by atoms with Crippen LogP contribution in [0, 0.1) is 0 Å². The van der Waals surface area contributed by atoms with Gasteiger partial charge in [0.2, 0.25) is 17.1 Å². The second-order valence-corrected chi connectivity index (χ2v) is 6.26. The van der Waals surface area contributed by atoms with Crippen molar-refractivity contribution in [3.63, 3.8) is 0 Å². The molecule has 3 N–H and O–H groups in total. The number of carbonyl (C=O) groups is 2. The van der Waals surface area contributed by atoms with Gasteiger partial charge in [-0.05, 0) is 13.3 Å². The molecule has 0 fully saturated rings. The van der Waals surface area contributed by atoms with E-state index in [1.165, 1.54) is 13.0 Å². The summed E-state index contributed by atoms with van der Waals surface area (Å²) in [5.41, 5.74) is -3.96. The summed E-state index contributed by atoms with van der Waals surface area (Å²) in [6.45, 7) is 3.78. The Hall–Kier alpha value is -2.18. The summed E-state index contributed by atoms with van der Waals surface area (Å²) in [5.74, 6) is -1.49. The molecular formula is C18H21NO5. The molecule has 0 saturated heterocycles. The predicted molar refractivity (Wildman–Crippen MR) is 85.9 cm³/mol. The molecule has 2 atom stereocenters. The van der Waals surface area contributed by atoms with Gasteiger partial charge in [-0.2, -0.15) is 0 Å². The maximum atomic E-state index is 12.7. The summed E-state index contributed by atoms with van der Waals surface area (Å²) >= 11 is 0. The van der Waals surface area contributed by atoms with Gasteiger partial charge in [0.05, 0.1) is 6.61 Å². The lowest BCUT2D eigenvalue weighted by atomic mass is 9.85. The maximum Gasteiger partial charge on any atom is 0.339 e.